The monoisotopic (exact) mass is 251 g/mol. The molecule has 1 saturated heterocycles. The van der Waals surface area contributed by atoms with Crippen LogP contribution in [0.3, 0.4) is 0 Å². The molecule has 1 spiro atoms. The Morgan fingerprint density at radius 2 is 1.61 bits per heavy atom. The molecule has 0 amide bonds. The molecule has 0 atom stereocenters. The Balaban J connectivity index is 1.47. The highest BCUT2D eigenvalue weighted by atomic mass is 16.3. The fourth-order valence-electron chi connectivity index (χ4n) is 4.51. The van der Waals surface area contributed by atoms with E-state index in [0.717, 1.165) is 25.3 Å². The van der Waals surface area contributed by atoms with Gasteiger partial charge in [-0.05, 0) is 49.9 Å². The van der Waals surface area contributed by atoms with Crippen molar-refractivity contribution in [3.8, 4) is 0 Å². The molecule has 0 aromatic heterocycles. The lowest BCUT2D eigenvalue weighted by molar-refractivity contribution is -0.0968. The molecule has 18 heavy (non-hydrogen) atoms. The van der Waals surface area contributed by atoms with Crippen molar-refractivity contribution in [2.75, 3.05) is 19.6 Å². The van der Waals surface area contributed by atoms with Gasteiger partial charge in [0.25, 0.3) is 0 Å². The van der Waals surface area contributed by atoms with Crippen molar-refractivity contribution >= 4 is 0 Å². The van der Waals surface area contributed by atoms with E-state index in [4.69, 9.17) is 0 Å². The summed E-state index contributed by atoms with van der Waals surface area (Å²) in [5.41, 5.74) is 0.305. The van der Waals surface area contributed by atoms with Crippen LogP contribution in [-0.4, -0.2) is 35.2 Å². The molecule has 0 aromatic carbocycles. The highest BCUT2D eigenvalue weighted by molar-refractivity contribution is 4.99. The zero-order chi connectivity index (χ0) is 12.6. The molecule has 3 aliphatic rings. The summed E-state index contributed by atoms with van der Waals surface area (Å²) >= 11 is 0. The molecule has 1 aliphatic heterocycles. The topological polar surface area (TPSA) is 23.5 Å². The molecule has 0 bridgehead atoms. The molecule has 0 radical (unpaired) electrons. The maximum absolute atomic E-state index is 10.7. The lowest BCUT2D eigenvalue weighted by Crippen LogP contribution is -2.61. The molecule has 2 aliphatic carbocycles. The minimum atomic E-state index is -0.358. The predicted molar refractivity (Wildman–Crippen MR) is 74.5 cm³/mol. The molecule has 2 heteroatoms. The molecule has 0 unspecified atom stereocenters. The van der Waals surface area contributed by atoms with E-state index in [1.54, 1.807) is 0 Å². The van der Waals surface area contributed by atoms with Crippen LogP contribution in [0, 0.1) is 11.3 Å². The zero-order valence-corrected chi connectivity index (χ0v) is 12.0. The molecular weight excluding hydrogens is 222 g/mol. The van der Waals surface area contributed by atoms with E-state index < -0.39 is 0 Å². The van der Waals surface area contributed by atoms with Gasteiger partial charge in [-0.3, -0.25) is 4.90 Å². The second-order valence-corrected chi connectivity index (χ2v) is 7.61. The summed E-state index contributed by atoms with van der Waals surface area (Å²) in [4.78, 5) is 2.53. The maximum Gasteiger partial charge on any atom is 0.0774 e. The summed E-state index contributed by atoms with van der Waals surface area (Å²) in [6.45, 7) is 5.80. The molecule has 1 heterocycles. The fraction of sp³-hybridized carbons (Fsp3) is 1.00. The van der Waals surface area contributed by atoms with Crippen LogP contribution in [-0.2, 0) is 0 Å². The summed E-state index contributed by atoms with van der Waals surface area (Å²) in [6, 6.07) is 0. The quantitative estimate of drug-likeness (QED) is 0.814. The van der Waals surface area contributed by atoms with Gasteiger partial charge in [0, 0.05) is 19.6 Å². The van der Waals surface area contributed by atoms with Gasteiger partial charge < -0.3 is 5.11 Å². The van der Waals surface area contributed by atoms with Crippen LogP contribution in [0.25, 0.3) is 0 Å². The first-order chi connectivity index (χ1) is 8.59. The van der Waals surface area contributed by atoms with Crippen molar-refractivity contribution in [2.45, 2.75) is 70.3 Å². The van der Waals surface area contributed by atoms with Gasteiger partial charge >= 0.3 is 0 Å². The van der Waals surface area contributed by atoms with E-state index in [0.29, 0.717) is 5.41 Å². The first-order valence-corrected chi connectivity index (χ1v) is 8.04. The first-order valence-electron chi connectivity index (χ1n) is 8.04. The van der Waals surface area contributed by atoms with Crippen molar-refractivity contribution in [1.82, 2.24) is 4.90 Å². The van der Waals surface area contributed by atoms with Crippen molar-refractivity contribution in [2.24, 2.45) is 11.3 Å². The van der Waals surface area contributed by atoms with Crippen molar-refractivity contribution in [1.29, 1.82) is 0 Å². The summed E-state index contributed by atoms with van der Waals surface area (Å²) < 4.78 is 0. The largest absolute Gasteiger partial charge is 0.389 e. The van der Waals surface area contributed by atoms with Gasteiger partial charge in [-0.15, -0.1) is 0 Å². The fourth-order valence-corrected chi connectivity index (χ4v) is 4.51. The van der Waals surface area contributed by atoms with Crippen LogP contribution in [0.2, 0.25) is 0 Å². The maximum atomic E-state index is 10.7. The molecule has 104 valence electrons. The third-order valence-corrected chi connectivity index (χ3v) is 5.76. The molecule has 2 nitrogen and oxygen atoms in total. The van der Waals surface area contributed by atoms with Gasteiger partial charge in [-0.1, -0.05) is 26.2 Å². The Morgan fingerprint density at radius 1 is 1.00 bits per heavy atom. The first kappa shape index (κ1) is 12.9. The lowest BCUT2D eigenvalue weighted by atomic mass is 9.68. The normalized spacial score (nSPS) is 40.7. The Morgan fingerprint density at radius 3 is 2.22 bits per heavy atom. The van der Waals surface area contributed by atoms with Crippen LogP contribution in [0.4, 0.5) is 0 Å². The van der Waals surface area contributed by atoms with Gasteiger partial charge in [0.15, 0.2) is 0 Å². The van der Waals surface area contributed by atoms with E-state index in [2.05, 4.69) is 11.8 Å². The average molecular weight is 251 g/mol. The van der Waals surface area contributed by atoms with Crippen LogP contribution in [0.1, 0.15) is 64.7 Å². The second-order valence-electron chi connectivity index (χ2n) is 7.61. The third-order valence-electron chi connectivity index (χ3n) is 5.76. The Kier molecular flexibility index (Phi) is 3.44. The zero-order valence-electron chi connectivity index (χ0n) is 12.0. The molecule has 2 saturated carbocycles. The summed E-state index contributed by atoms with van der Waals surface area (Å²) in [6.07, 6.45) is 11.7. The SMILES string of the molecule is CC1CCC(O)(CN2CC3(CCCCC3)C2)CC1. The minimum absolute atomic E-state index is 0.358. The minimum Gasteiger partial charge on any atom is -0.389 e. The van der Waals surface area contributed by atoms with Gasteiger partial charge in [0.2, 0.25) is 0 Å². The molecule has 0 aromatic rings. The Labute approximate surface area is 112 Å². The van der Waals surface area contributed by atoms with Crippen molar-refractivity contribution in [3.63, 3.8) is 0 Å². The summed E-state index contributed by atoms with van der Waals surface area (Å²) in [7, 11) is 0. The van der Waals surface area contributed by atoms with Crippen LogP contribution >= 0.6 is 0 Å². The lowest BCUT2D eigenvalue weighted by Gasteiger charge is -2.55. The van der Waals surface area contributed by atoms with Gasteiger partial charge in [-0.2, -0.15) is 0 Å². The number of rotatable bonds is 2. The average Bonchev–Trinajstić information content (AvgIpc) is 2.33. The van der Waals surface area contributed by atoms with E-state index in [1.165, 1.54) is 58.0 Å². The number of hydrogen-bond acceptors (Lipinski definition) is 2. The van der Waals surface area contributed by atoms with Crippen molar-refractivity contribution in [3.05, 3.63) is 0 Å². The predicted octanol–water partition coefficient (Wildman–Crippen LogP) is 3.19. The van der Waals surface area contributed by atoms with Gasteiger partial charge in [0.05, 0.1) is 5.60 Å². The number of hydrogen-bond donors (Lipinski definition) is 1. The number of nitrogens with zero attached hydrogens (tertiary/aromatic N) is 1. The smallest absolute Gasteiger partial charge is 0.0774 e. The van der Waals surface area contributed by atoms with Gasteiger partial charge in [-0.25, -0.2) is 0 Å². The van der Waals surface area contributed by atoms with E-state index >= 15 is 0 Å². The summed E-state index contributed by atoms with van der Waals surface area (Å²) in [5.74, 6) is 0.825. The molecule has 3 fully saturated rings. The highest BCUT2D eigenvalue weighted by Crippen LogP contribution is 2.45. The highest BCUT2D eigenvalue weighted by Gasteiger charge is 2.45. The van der Waals surface area contributed by atoms with Crippen LogP contribution in [0.15, 0.2) is 0 Å². The third kappa shape index (κ3) is 2.60. The second kappa shape index (κ2) is 4.79. The van der Waals surface area contributed by atoms with E-state index in [1.807, 2.05) is 0 Å². The Bertz CT molecular complexity index is 279. The number of aliphatic hydroxyl groups is 1. The van der Waals surface area contributed by atoms with E-state index in [9.17, 15) is 5.11 Å². The van der Waals surface area contributed by atoms with Crippen molar-refractivity contribution < 1.29 is 5.11 Å². The number of β-amino-alcohol motifs (C(OH)–C–C–N with tert-alkyl or cyclic N) is 1. The Hall–Kier alpha value is -0.0800. The summed E-state index contributed by atoms with van der Waals surface area (Å²) in [5, 5.41) is 10.7. The van der Waals surface area contributed by atoms with Gasteiger partial charge in [0.1, 0.15) is 0 Å². The molecule has 3 rings (SSSR count). The molecular formula is C16H29NO. The number of likely N-dealkylation sites (tertiary alicyclic amines) is 1. The van der Waals surface area contributed by atoms with E-state index in [-0.39, 0.29) is 5.60 Å². The molecule has 1 N–H and O–H groups in total. The standard InChI is InChI=1S/C16H29NO/c1-14-5-9-16(18,10-6-14)13-17-11-15(12-17)7-3-2-4-8-15/h14,18H,2-13H2,1H3. The van der Waals surface area contributed by atoms with Crippen LogP contribution < -0.4 is 0 Å². The van der Waals surface area contributed by atoms with Crippen LogP contribution in [0.5, 0.6) is 0 Å².